The van der Waals surface area contributed by atoms with Crippen molar-refractivity contribution in [3.05, 3.63) is 0 Å². The van der Waals surface area contributed by atoms with E-state index in [1.54, 1.807) is 0 Å². The maximum Gasteiger partial charge on any atom is 0.312 e. The van der Waals surface area contributed by atoms with Gasteiger partial charge in [-0.3, -0.25) is 4.79 Å². The van der Waals surface area contributed by atoms with Gasteiger partial charge >= 0.3 is 5.97 Å². The Morgan fingerprint density at radius 1 is 1.60 bits per heavy atom. The second-order valence-electron chi connectivity index (χ2n) is 4.80. The molecule has 4 heteroatoms. The minimum atomic E-state index is -0.438. The summed E-state index contributed by atoms with van der Waals surface area (Å²) in [7, 11) is 1.44. The molecule has 1 atom stereocenters. The highest BCUT2D eigenvalue weighted by molar-refractivity contribution is 5.76. The molecule has 4 nitrogen and oxygen atoms in total. The highest BCUT2D eigenvalue weighted by Crippen LogP contribution is 2.16. The molecule has 1 unspecified atom stereocenters. The highest BCUT2D eigenvalue weighted by Gasteiger charge is 2.29. The standard InChI is InChI=1S/C11H22N2O2/c1-11(2,10(14)15-3)8-13-9-5-4-6-12-7-9/h9,12-13H,4-8H2,1-3H3. The lowest BCUT2D eigenvalue weighted by Crippen LogP contribution is -2.47. The van der Waals surface area contributed by atoms with Gasteiger partial charge in [0, 0.05) is 19.1 Å². The zero-order valence-electron chi connectivity index (χ0n) is 9.93. The van der Waals surface area contributed by atoms with Gasteiger partial charge in [0.1, 0.15) is 0 Å². The number of esters is 1. The molecule has 1 heterocycles. The van der Waals surface area contributed by atoms with Crippen LogP contribution in [0.4, 0.5) is 0 Å². The van der Waals surface area contributed by atoms with Crippen molar-refractivity contribution in [1.29, 1.82) is 0 Å². The van der Waals surface area contributed by atoms with Crippen molar-refractivity contribution in [1.82, 2.24) is 10.6 Å². The number of ether oxygens (including phenoxy) is 1. The molecular weight excluding hydrogens is 192 g/mol. The largest absolute Gasteiger partial charge is 0.469 e. The fourth-order valence-electron chi connectivity index (χ4n) is 1.77. The lowest BCUT2D eigenvalue weighted by atomic mass is 9.93. The van der Waals surface area contributed by atoms with Crippen molar-refractivity contribution >= 4 is 5.97 Å². The minimum Gasteiger partial charge on any atom is -0.469 e. The predicted octanol–water partition coefficient (Wildman–Crippen LogP) is 0.527. The van der Waals surface area contributed by atoms with Crippen molar-refractivity contribution in [2.24, 2.45) is 5.41 Å². The van der Waals surface area contributed by atoms with Gasteiger partial charge in [-0.15, -0.1) is 0 Å². The molecule has 1 rings (SSSR count). The number of carbonyl (C=O) groups is 1. The topological polar surface area (TPSA) is 50.4 Å². The number of rotatable bonds is 4. The van der Waals surface area contributed by atoms with Crippen molar-refractivity contribution in [3.63, 3.8) is 0 Å². The summed E-state index contributed by atoms with van der Waals surface area (Å²) in [5.74, 6) is -0.154. The zero-order chi connectivity index (χ0) is 11.3. The van der Waals surface area contributed by atoms with Crippen LogP contribution in [-0.2, 0) is 9.53 Å². The third kappa shape index (κ3) is 3.80. The van der Waals surface area contributed by atoms with Gasteiger partial charge in [-0.05, 0) is 33.2 Å². The summed E-state index contributed by atoms with van der Waals surface area (Å²) in [5, 5.41) is 6.75. The van der Waals surface area contributed by atoms with E-state index in [4.69, 9.17) is 4.74 Å². The maximum atomic E-state index is 11.4. The zero-order valence-corrected chi connectivity index (χ0v) is 9.93. The van der Waals surface area contributed by atoms with Crippen LogP contribution in [0.5, 0.6) is 0 Å². The first-order valence-electron chi connectivity index (χ1n) is 5.59. The summed E-state index contributed by atoms with van der Waals surface area (Å²) >= 11 is 0. The molecule has 0 saturated carbocycles. The molecule has 2 N–H and O–H groups in total. The van der Waals surface area contributed by atoms with E-state index < -0.39 is 5.41 Å². The smallest absolute Gasteiger partial charge is 0.312 e. The Morgan fingerprint density at radius 3 is 2.87 bits per heavy atom. The average Bonchev–Trinajstić information content (AvgIpc) is 2.27. The van der Waals surface area contributed by atoms with Crippen molar-refractivity contribution in [2.75, 3.05) is 26.7 Å². The monoisotopic (exact) mass is 214 g/mol. The molecule has 1 saturated heterocycles. The van der Waals surface area contributed by atoms with E-state index in [1.807, 2.05) is 13.8 Å². The first-order chi connectivity index (χ1) is 7.06. The van der Waals surface area contributed by atoms with Gasteiger partial charge in [0.15, 0.2) is 0 Å². The Balaban J connectivity index is 2.31. The summed E-state index contributed by atoms with van der Waals surface area (Å²) in [4.78, 5) is 11.4. The average molecular weight is 214 g/mol. The van der Waals surface area contributed by atoms with E-state index in [2.05, 4.69) is 10.6 Å². The Morgan fingerprint density at radius 2 is 2.33 bits per heavy atom. The second-order valence-corrected chi connectivity index (χ2v) is 4.80. The molecular formula is C11H22N2O2. The van der Waals surface area contributed by atoms with Gasteiger partial charge in [-0.1, -0.05) is 0 Å². The van der Waals surface area contributed by atoms with E-state index in [0.717, 1.165) is 13.1 Å². The van der Waals surface area contributed by atoms with Crippen molar-refractivity contribution in [2.45, 2.75) is 32.7 Å². The number of piperidine rings is 1. The molecule has 0 bridgehead atoms. The predicted molar refractivity (Wildman–Crippen MR) is 59.7 cm³/mol. The van der Waals surface area contributed by atoms with Gasteiger partial charge in [-0.25, -0.2) is 0 Å². The van der Waals surface area contributed by atoms with Gasteiger partial charge < -0.3 is 15.4 Å². The van der Waals surface area contributed by atoms with Crippen LogP contribution in [-0.4, -0.2) is 38.8 Å². The number of hydrogen-bond acceptors (Lipinski definition) is 4. The summed E-state index contributed by atoms with van der Waals surface area (Å²) in [6.45, 7) is 6.59. The minimum absolute atomic E-state index is 0.154. The van der Waals surface area contributed by atoms with E-state index in [-0.39, 0.29) is 5.97 Å². The van der Waals surface area contributed by atoms with Crippen LogP contribution < -0.4 is 10.6 Å². The van der Waals surface area contributed by atoms with E-state index in [1.165, 1.54) is 20.0 Å². The maximum absolute atomic E-state index is 11.4. The third-order valence-electron chi connectivity index (χ3n) is 2.87. The molecule has 0 aromatic rings. The van der Waals surface area contributed by atoms with Crippen LogP contribution in [0.25, 0.3) is 0 Å². The molecule has 1 fully saturated rings. The Kier molecular flexibility index (Phi) is 4.54. The summed E-state index contributed by atoms with van der Waals surface area (Å²) in [6, 6.07) is 0.489. The number of methoxy groups -OCH3 is 1. The molecule has 0 aromatic carbocycles. The summed E-state index contributed by atoms with van der Waals surface area (Å²) < 4.78 is 4.76. The normalized spacial score (nSPS) is 22.5. The summed E-state index contributed by atoms with van der Waals surface area (Å²) in [5.41, 5.74) is -0.438. The lowest BCUT2D eigenvalue weighted by molar-refractivity contribution is -0.150. The van der Waals surface area contributed by atoms with Crippen LogP contribution in [0, 0.1) is 5.41 Å². The number of hydrogen-bond donors (Lipinski definition) is 2. The first-order valence-corrected chi connectivity index (χ1v) is 5.59. The van der Waals surface area contributed by atoms with Gasteiger partial charge in [0.05, 0.1) is 12.5 Å². The third-order valence-corrected chi connectivity index (χ3v) is 2.87. The first kappa shape index (κ1) is 12.5. The molecule has 1 aliphatic heterocycles. The van der Waals surface area contributed by atoms with Crippen LogP contribution in [0.2, 0.25) is 0 Å². The molecule has 15 heavy (non-hydrogen) atoms. The Bertz CT molecular complexity index is 211. The quantitative estimate of drug-likeness (QED) is 0.670. The summed E-state index contributed by atoms with van der Waals surface area (Å²) in [6.07, 6.45) is 2.39. The lowest BCUT2D eigenvalue weighted by Gasteiger charge is -2.28. The molecule has 0 radical (unpaired) electrons. The fourth-order valence-corrected chi connectivity index (χ4v) is 1.77. The van der Waals surface area contributed by atoms with E-state index >= 15 is 0 Å². The number of carbonyl (C=O) groups excluding carboxylic acids is 1. The van der Waals surface area contributed by atoms with E-state index in [9.17, 15) is 4.79 Å². The Labute approximate surface area is 91.8 Å². The van der Waals surface area contributed by atoms with Crippen molar-refractivity contribution in [3.8, 4) is 0 Å². The molecule has 0 aliphatic carbocycles. The molecule has 88 valence electrons. The SMILES string of the molecule is COC(=O)C(C)(C)CNC1CCCNC1. The van der Waals surface area contributed by atoms with Gasteiger partial charge in [0.2, 0.25) is 0 Å². The molecule has 0 amide bonds. The van der Waals surface area contributed by atoms with E-state index in [0.29, 0.717) is 12.6 Å². The van der Waals surface area contributed by atoms with Crippen LogP contribution >= 0.6 is 0 Å². The number of nitrogens with one attached hydrogen (secondary N) is 2. The fraction of sp³-hybridized carbons (Fsp3) is 0.909. The molecule has 0 aromatic heterocycles. The van der Waals surface area contributed by atoms with Crippen LogP contribution in [0.3, 0.4) is 0 Å². The molecule has 1 aliphatic rings. The van der Waals surface area contributed by atoms with Crippen LogP contribution in [0.15, 0.2) is 0 Å². The highest BCUT2D eigenvalue weighted by atomic mass is 16.5. The molecule has 0 spiro atoms. The van der Waals surface area contributed by atoms with Crippen LogP contribution in [0.1, 0.15) is 26.7 Å². The Hall–Kier alpha value is -0.610. The van der Waals surface area contributed by atoms with Crippen molar-refractivity contribution < 1.29 is 9.53 Å². The van der Waals surface area contributed by atoms with Gasteiger partial charge in [0.25, 0.3) is 0 Å². The van der Waals surface area contributed by atoms with Gasteiger partial charge in [-0.2, -0.15) is 0 Å². The second kappa shape index (κ2) is 5.47.